The Hall–Kier alpha value is -1.41. The summed E-state index contributed by atoms with van der Waals surface area (Å²) in [6.07, 6.45) is 1.45. The number of sulfonamides is 1. The molecule has 0 aliphatic carbocycles. The van der Waals surface area contributed by atoms with Crippen LogP contribution in [0.25, 0.3) is 0 Å². The summed E-state index contributed by atoms with van der Waals surface area (Å²) in [7, 11) is -7.54. The fourth-order valence-electron chi connectivity index (χ4n) is 2.04. The largest absolute Gasteiger partial charge is 0.241 e. The number of hydrogen-bond donors (Lipinski definition) is 1. The number of rotatable bonds is 6. The lowest BCUT2D eigenvalue weighted by molar-refractivity contribution is 0.574. The molecule has 0 fully saturated rings. The van der Waals surface area contributed by atoms with Gasteiger partial charge in [-0.3, -0.25) is 0 Å². The van der Waals surface area contributed by atoms with E-state index in [1.54, 1.807) is 24.3 Å². The van der Waals surface area contributed by atoms with Crippen molar-refractivity contribution in [2.75, 3.05) is 12.8 Å². The molecule has 0 radical (unpaired) electrons. The first-order valence-electron chi connectivity index (χ1n) is 6.73. The van der Waals surface area contributed by atoms with E-state index < -0.39 is 19.9 Å². The normalized spacial score (nSPS) is 12.3. The molecule has 8 heteroatoms. The third-order valence-corrected chi connectivity index (χ3v) is 6.21. The SMILES string of the molecule is CS(=O)(=O)c1ccccc1S(=O)(=O)NCCc1ccc(Cl)cc1. The predicted octanol–water partition coefficient (Wildman–Crippen LogP) is 2.26. The fraction of sp³-hybridized carbons (Fsp3) is 0.200. The molecular weight excluding hydrogens is 358 g/mol. The van der Waals surface area contributed by atoms with Crippen LogP contribution in [0.1, 0.15) is 5.56 Å². The van der Waals surface area contributed by atoms with Crippen LogP contribution in [0, 0.1) is 0 Å². The molecule has 0 atom stereocenters. The van der Waals surface area contributed by atoms with Gasteiger partial charge in [0, 0.05) is 17.8 Å². The van der Waals surface area contributed by atoms with E-state index >= 15 is 0 Å². The van der Waals surface area contributed by atoms with Crippen LogP contribution >= 0.6 is 11.6 Å². The number of benzene rings is 2. The zero-order chi connectivity index (χ0) is 17.1. The maximum Gasteiger partial charge on any atom is 0.241 e. The van der Waals surface area contributed by atoms with Crippen molar-refractivity contribution >= 4 is 31.5 Å². The van der Waals surface area contributed by atoms with Gasteiger partial charge in [-0.25, -0.2) is 21.6 Å². The van der Waals surface area contributed by atoms with Gasteiger partial charge in [-0.05, 0) is 36.2 Å². The van der Waals surface area contributed by atoms with Crippen LogP contribution in [0.15, 0.2) is 58.3 Å². The molecule has 0 aliphatic heterocycles. The van der Waals surface area contributed by atoms with E-state index in [1.165, 1.54) is 24.3 Å². The summed E-state index contributed by atoms with van der Waals surface area (Å²) >= 11 is 5.79. The van der Waals surface area contributed by atoms with Gasteiger partial charge in [-0.15, -0.1) is 0 Å². The van der Waals surface area contributed by atoms with Gasteiger partial charge >= 0.3 is 0 Å². The summed E-state index contributed by atoms with van der Waals surface area (Å²) in [5.41, 5.74) is 0.925. The Morgan fingerprint density at radius 1 is 0.913 bits per heavy atom. The zero-order valence-electron chi connectivity index (χ0n) is 12.4. The number of halogens is 1. The molecule has 0 saturated heterocycles. The van der Waals surface area contributed by atoms with Crippen LogP contribution in [0.4, 0.5) is 0 Å². The highest BCUT2D eigenvalue weighted by atomic mass is 35.5. The average molecular weight is 374 g/mol. The van der Waals surface area contributed by atoms with Crippen LogP contribution in [0.2, 0.25) is 5.02 Å². The van der Waals surface area contributed by atoms with Crippen LogP contribution in [0.3, 0.4) is 0 Å². The molecule has 2 aromatic carbocycles. The molecule has 0 heterocycles. The smallest absolute Gasteiger partial charge is 0.224 e. The molecule has 2 rings (SSSR count). The lowest BCUT2D eigenvalue weighted by Gasteiger charge is -2.10. The summed E-state index contributed by atoms with van der Waals surface area (Å²) in [5.74, 6) is 0. The zero-order valence-corrected chi connectivity index (χ0v) is 14.7. The maximum absolute atomic E-state index is 12.3. The molecule has 0 unspecified atom stereocenters. The Morgan fingerprint density at radius 2 is 1.48 bits per heavy atom. The quantitative estimate of drug-likeness (QED) is 0.842. The number of sulfone groups is 1. The van der Waals surface area contributed by atoms with E-state index in [2.05, 4.69) is 4.72 Å². The predicted molar refractivity (Wildman–Crippen MR) is 89.9 cm³/mol. The Morgan fingerprint density at radius 3 is 2.04 bits per heavy atom. The minimum absolute atomic E-state index is 0.155. The second-order valence-corrected chi connectivity index (χ2v) is 9.15. The van der Waals surface area contributed by atoms with Crippen molar-refractivity contribution in [2.45, 2.75) is 16.2 Å². The summed E-state index contributed by atoms with van der Waals surface area (Å²) in [6.45, 7) is 0.155. The Bertz CT molecular complexity index is 891. The van der Waals surface area contributed by atoms with Gasteiger partial charge in [0.1, 0.15) is 4.90 Å². The Labute approximate surface area is 141 Å². The van der Waals surface area contributed by atoms with E-state index in [0.717, 1.165) is 11.8 Å². The van der Waals surface area contributed by atoms with Crippen LogP contribution in [0.5, 0.6) is 0 Å². The molecular formula is C15H16ClNO4S2. The highest BCUT2D eigenvalue weighted by Crippen LogP contribution is 2.20. The fourth-order valence-corrected chi connectivity index (χ4v) is 4.82. The van der Waals surface area contributed by atoms with Crippen molar-refractivity contribution in [3.05, 3.63) is 59.1 Å². The molecule has 1 N–H and O–H groups in total. The Kier molecular flexibility index (Phi) is 5.46. The minimum atomic E-state index is -3.91. The molecule has 0 saturated carbocycles. The second kappa shape index (κ2) is 7.00. The standard InChI is InChI=1S/C15H16ClNO4S2/c1-22(18,19)14-4-2-3-5-15(14)23(20,21)17-11-10-12-6-8-13(16)9-7-12/h2-9,17H,10-11H2,1H3. The Balaban J connectivity index is 2.15. The summed E-state index contributed by atoms with van der Waals surface area (Å²) in [4.78, 5) is -0.447. The van der Waals surface area contributed by atoms with Gasteiger partial charge < -0.3 is 0 Å². The van der Waals surface area contributed by atoms with Gasteiger partial charge in [0.2, 0.25) is 10.0 Å². The third-order valence-electron chi connectivity index (χ3n) is 3.16. The van der Waals surface area contributed by atoms with Crippen molar-refractivity contribution in [3.8, 4) is 0 Å². The van der Waals surface area contributed by atoms with Gasteiger partial charge in [-0.2, -0.15) is 0 Å². The van der Waals surface area contributed by atoms with Crippen molar-refractivity contribution in [2.24, 2.45) is 0 Å². The lowest BCUT2D eigenvalue weighted by Crippen LogP contribution is -2.27. The third kappa shape index (κ3) is 4.78. The summed E-state index contributed by atoms with van der Waals surface area (Å²) < 4.78 is 50.6. The maximum atomic E-state index is 12.3. The molecule has 124 valence electrons. The number of nitrogens with one attached hydrogen (secondary N) is 1. The lowest BCUT2D eigenvalue weighted by atomic mass is 10.2. The van der Waals surface area contributed by atoms with Gasteiger partial charge in [0.25, 0.3) is 0 Å². The highest BCUT2D eigenvalue weighted by Gasteiger charge is 2.22. The molecule has 0 spiro atoms. The first-order chi connectivity index (χ1) is 10.7. The summed E-state index contributed by atoms with van der Waals surface area (Å²) in [6, 6.07) is 12.6. The van der Waals surface area contributed by atoms with E-state index in [0.29, 0.717) is 11.4 Å². The minimum Gasteiger partial charge on any atom is -0.224 e. The highest BCUT2D eigenvalue weighted by molar-refractivity contribution is 7.93. The van der Waals surface area contributed by atoms with Gasteiger partial charge in [0.05, 0.1) is 4.90 Å². The van der Waals surface area contributed by atoms with E-state index in [-0.39, 0.29) is 16.3 Å². The molecule has 0 aliphatic rings. The average Bonchev–Trinajstić information content (AvgIpc) is 2.48. The van der Waals surface area contributed by atoms with Crippen LogP contribution < -0.4 is 4.72 Å². The van der Waals surface area contributed by atoms with Gasteiger partial charge in [-0.1, -0.05) is 35.9 Å². The molecule has 0 bridgehead atoms. The molecule has 23 heavy (non-hydrogen) atoms. The van der Waals surface area contributed by atoms with E-state index in [4.69, 9.17) is 11.6 Å². The van der Waals surface area contributed by atoms with Crippen LogP contribution in [-0.2, 0) is 26.3 Å². The molecule has 5 nitrogen and oxygen atoms in total. The van der Waals surface area contributed by atoms with Crippen molar-refractivity contribution < 1.29 is 16.8 Å². The molecule has 2 aromatic rings. The second-order valence-electron chi connectivity index (χ2n) is 4.99. The topological polar surface area (TPSA) is 80.3 Å². The molecule has 0 aromatic heterocycles. The van der Waals surface area contributed by atoms with Crippen molar-refractivity contribution in [1.82, 2.24) is 4.72 Å². The molecule has 0 amide bonds. The van der Waals surface area contributed by atoms with E-state index in [9.17, 15) is 16.8 Å². The van der Waals surface area contributed by atoms with E-state index in [1.807, 2.05) is 0 Å². The van der Waals surface area contributed by atoms with Crippen molar-refractivity contribution in [1.29, 1.82) is 0 Å². The first-order valence-corrected chi connectivity index (χ1v) is 10.5. The van der Waals surface area contributed by atoms with Crippen LogP contribution in [-0.4, -0.2) is 29.6 Å². The summed E-state index contributed by atoms with van der Waals surface area (Å²) in [5, 5.41) is 0.608. The van der Waals surface area contributed by atoms with Gasteiger partial charge in [0.15, 0.2) is 9.84 Å². The first kappa shape index (κ1) is 17.9. The van der Waals surface area contributed by atoms with Crippen molar-refractivity contribution in [3.63, 3.8) is 0 Å². The number of hydrogen-bond acceptors (Lipinski definition) is 4. The monoisotopic (exact) mass is 373 g/mol.